The van der Waals surface area contributed by atoms with Gasteiger partial charge in [0, 0.05) is 10.6 Å². The van der Waals surface area contributed by atoms with Crippen LogP contribution in [0.15, 0.2) is 48.5 Å². The monoisotopic (exact) mass is 285 g/mol. The fraction of sp³-hybridized carbons (Fsp3) is 0.125. The van der Waals surface area contributed by atoms with Crippen LogP contribution < -0.4 is 0 Å². The lowest BCUT2D eigenvalue weighted by Gasteiger charge is -2.15. The third-order valence-electron chi connectivity index (χ3n) is 2.85. The van der Waals surface area contributed by atoms with Crippen LogP contribution in [-0.4, -0.2) is 5.97 Å². The van der Waals surface area contributed by atoms with E-state index in [2.05, 4.69) is 0 Å². The minimum atomic E-state index is -0.477. The number of esters is 1. The SMILES string of the molecule is C[C@H](OC(=O)c1cccc(C#N)c1)c1ccccc1Cl. The van der Waals surface area contributed by atoms with Gasteiger partial charge in [0.25, 0.3) is 0 Å². The Hall–Kier alpha value is -2.31. The van der Waals surface area contributed by atoms with Gasteiger partial charge in [-0.2, -0.15) is 5.26 Å². The normalized spacial score (nSPS) is 11.4. The molecular formula is C16H12ClNO2. The molecule has 100 valence electrons. The van der Waals surface area contributed by atoms with Gasteiger partial charge < -0.3 is 4.74 Å². The molecule has 0 bridgehead atoms. The summed E-state index contributed by atoms with van der Waals surface area (Å²) in [6, 6.07) is 15.6. The second-order valence-corrected chi connectivity index (χ2v) is 4.67. The number of hydrogen-bond donors (Lipinski definition) is 0. The van der Waals surface area contributed by atoms with E-state index in [9.17, 15) is 4.79 Å². The molecule has 0 saturated heterocycles. The van der Waals surface area contributed by atoms with E-state index in [0.717, 1.165) is 5.56 Å². The number of ether oxygens (including phenoxy) is 1. The molecule has 4 heteroatoms. The summed E-state index contributed by atoms with van der Waals surface area (Å²) in [6.45, 7) is 1.76. The van der Waals surface area contributed by atoms with E-state index >= 15 is 0 Å². The fourth-order valence-electron chi connectivity index (χ4n) is 1.81. The summed E-state index contributed by atoms with van der Waals surface area (Å²) < 4.78 is 5.37. The molecule has 2 rings (SSSR count). The maximum Gasteiger partial charge on any atom is 0.338 e. The lowest BCUT2D eigenvalue weighted by atomic mass is 10.1. The van der Waals surface area contributed by atoms with Crippen molar-refractivity contribution < 1.29 is 9.53 Å². The minimum Gasteiger partial charge on any atom is -0.454 e. The zero-order valence-electron chi connectivity index (χ0n) is 10.8. The average Bonchev–Trinajstić information content (AvgIpc) is 2.47. The summed E-state index contributed by atoms with van der Waals surface area (Å²) in [5, 5.41) is 9.37. The van der Waals surface area contributed by atoms with Crippen LogP contribution in [0.25, 0.3) is 0 Å². The van der Waals surface area contributed by atoms with E-state index < -0.39 is 12.1 Å². The molecule has 0 unspecified atom stereocenters. The highest BCUT2D eigenvalue weighted by Crippen LogP contribution is 2.25. The van der Waals surface area contributed by atoms with Crippen LogP contribution in [0.3, 0.4) is 0 Å². The van der Waals surface area contributed by atoms with Gasteiger partial charge in [-0.3, -0.25) is 0 Å². The molecule has 0 aliphatic heterocycles. The largest absolute Gasteiger partial charge is 0.454 e. The summed E-state index contributed by atoms with van der Waals surface area (Å²) in [4.78, 5) is 12.0. The summed E-state index contributed by atoms with van der Waals surface area (Å²) in [6.07, 6.45) is -0.457. The Balaban J connectivity index is 2.15. The van der Waals surface area contributed by atoms with Gasteiger partial charge in [0.2, 0.25) is 0 Å². The molecule has 2 aromatic rings. The molecule has 0 aliphatic carbocycles. The van der Waals surface area contributed by atoms with Gasteiger partial charge in [-0.05, 0) is 31.2 Å². The van der Waals surface area contributed by atoms with Crippen molar-refractivity contribution in [2.45, 2.75) is 13.0 Å². The Morgan fingerprint density at radius 3 is 2.70 bits per heavy atom. The molecule has 0 radical (unpaired) electrons. The van der Waals surface area contributed by atoms with Gasteiger partial charge in [-0.15, -0.1) is 0 Å². The van der Waals surface area contributed by atoms with Crippen LogP contribution in [0.4, 0.5) is 0 Å². The summed E-state index contributed by atoms with van der Waals surface area (Å²) in [5.41, 5.74) is 1.52. The molecule has 0 heterocycles. The van der Waals surface area contributed by atoms with Crippen molar-refractivity contribution in [2.75, 3.05) is 0 Å². The van der Waals surface area contributed by atoms with E-state index in [0.29, 0.717) is 16.1 Å². The maximum atomic E-state index is 12.0. The third-order valence-corrected chi connectivity index (χ3v) is 3.20. The van der Waals surface area contributed by atoms with Gasteiger partial charge in [0.05, 0.1) is 17.2 Å². The number of carbonyl (C=O) groups is 1. The molecule has 0 fully saturated rings. The van der Waals surface area contributed by atoms with Gasteiger partial charge in [0.1, 0.15) is 6.10 Å². The zero-order valence-corrected chi connectivity index (χ0v) is 11.6. The number of nitrogens with zero attached hydrogens (tertiary/aromatic N) is 1. The first-order valence-corrected chi connectivity index (χ1v) is 6.45. The first kappa shape index (κ1) is 14.1. The van der Waals surface area contributed by atoms with Crippen molar-refractivity contribution in [3.63, 3.8) is 0 Å². The van der Waals surface area contributed by atoms with Gasteiger partial charge in [-0.25, -0.2) is 4.79 Å². The highest BCUT2D eigenvalue weighted by molar-refractivity contribution is 6.31. The first-order valence-electron chi connectivity index (χ1n) is 6.07. The molecule has 2 aromatic carbocycles. The van der Waals surface area contributed by atoms with Crippen molar-refractivity contribution in [2.24, 2.45) is 0 Å². The molecule has 20 heavy (non-hydrogen) atoms. The minimum absolute atomic E-state index is 0.350. The average molecular weight is 286 g/mol. The van der Waals surface area contributed by atoms with Crippen molar-refractivity contribution in [1.29, 1.82) is 5.26 Å². The second-order valence-electron chi connectivity index (χ2n) is 4.26. The molecule has 1 atom stereocenters. The third kappa shape index (κ3) is 3.17. The fourth-order valence-corrected chi connectivity index (χ4v) is 2.10. The van der Waals surface area contributed by atoms with Crippen molar-refractivity contribution in [3.8, 4) is 6.07 Å². The Labute approximate surface area is 122 Å². The van der Waals surface area contributed by atoms with Gasteiger partial charge in [0.15, 0.2) is 0 Å². The molecule has 0 aliphatic rings. The van der Waals surface area contributed by atoms with Crippen molar-refractivity contribution in [3.05, 3.63) is 70.2 Å². The Morgan fingerprint density at radius 2 is 2.00 bits per heavy atom. The van der Waals surface area contributed by atoms with Gasteiger partial charge in [-0.1, -0.05) is 35.9 Å². The highest BCUT2D eigenvalue weighted by atomic mass is 35.5. The zero-order chi connectivity index (χ0) is 14.5. The number of benzene rings is 2. The van der Waals surface area contributed by atoms with Crippen LogP contribution in [0.1, 0.15) is 34.5 Å². The molecule has 0 spiro atoms. The van der Waals surface area contributed by atoms with Crippen LogP contribution >= 0.6 is 11.6 Å². The Bertz CT molecular complexity index is 676. The van der Waals surface area contributed by atoms with E-state index in [4.69, 9.17) is 21.6 Å². The Morgan fingerprint density at radius 1 is 1.25 bits per heavy atom. The van der Waals surface area contributed by atoms with Crippen LogP contribution in [0.2, 0.25) is 5.02 Å². The number of nitriles is 1. The van der Waals surface area contributed by atoms with E-state index in [1.165, 1.54) is 6.07 Å². The van der Waals surface area contributed by atoms with Crippen LogP contribution in [0.5, 0.6) is 0 Å². The molecule has 0 N–H and O–H groups in total. The topological polar surface area (TPSA) is 50.1 Å². The summed E-state index contributed by atoms with van der Waals surface area (Å²) in [7, 11) is 0. The molecule has 3 nitrogen and oxygen atoms in total. The maximum absolute atomic E-state index is 12.0. The molecule has 0 aromatic heterocycles. The van der Waals surface area contributed by atoms with Crippen molar-refractivity contribution in [1.82, 2.24) is 0 Å². The van der Waals surface area contributed by atoms with E-state index in [-0.39, 0.29) is 0 Å². The first-order chi connectivity index (χ1) is 9.61. The number of hydrogen-bond acceptors (Lipinski definition) is 3. The smallest absolute Gasteiger partial charge is 0.338 e. The molecular weight excluding hydrogens is 274 g/mol. The summed E-state index contributed by atoms with van der Waals surface area (Å²) in [5.74, 6) is -0.477. The number of rotatable bonds is 3. The highest BCUT2D eigenvalue weighted by Gasteiger charge is 2.15. The van der Waals surface area contributed by atoms with Crippen LogP contribution in [0, 0.1) is 11.3 Å². The number of halogens is 1. The van der Waals surface area contributed by atoms with E-state index in [1.807, 2.05) is 24.3 Å². The van der Waals surface area contributed by atoms with Crippen molar-refractivity contribution >= 4 is 17.6 Å². The predicted octanol–water partition coefficient (Wildman–Crippen LogP) is 4.13. The lowest BCUT2D eigenvalue weighted by molar-refractivity contribution is 0.0338. The van der Waals surface area contributed by atoms with E-state index in [1.54, 1.807) is 31.2 Å². The lowest BCUT2D eigenvalue weighted by Crippen LogP contribution is -2.09. The second kappa shape index (κ2) is 6.23. The van der Waals surface area contributed by atoms with Crippen LogP contribution in [-0.2, 0) is 4.74 Å². The standard InChI is InChI=1S/C16H12ClNO2/c1-11(14-7-2-3-8-15(14)17)20-16(19)13-6-4-5-12(9-13)10-18/h2-9,11H,1H3/t11-/m0/s1. The Kier molecular flexibility index (Phi) is 4.39. The molecule has 0 amide bonds. The number of carbonyl (C=O) groups excluding carboxylic acids is 1. The predicted molar refractivity (Wildman–Crippen MR) is 76.4 cm³/mol. The van der Waals surface area contributed by atoms with Gasteiger partial charge >= 0.3 is 5.97 Å². The quantitative estimate of drug-likeness (QED) is 0.797. The molecule has 0 saturated carbocycles. The summed E-state index contributed by atoms with van der Waals surface area (Å²) >= 11 is 6.06.